The van der Waals surface area contributed by atoms with E-state index >= 15 is 0 Å². The van der Waals surface area contributed by atoms with Crippen molar-refractivity contribution in [1.82, 2.24) is 4.98 Å². The van der Waals surface area contributed by atoms with Crippen LogP contribution < -0.4 is 0 Å². The lowest BCUT2D eigenvalue weighted by molar-refractivity contribution is 0.318. The number of aryl methyl sites for hydroxylation is 1. The van der Waals surface area contributed by atoms with E-state index in [0.717, 1.165) is 5.69 Å². The summed E-state index contributed by atoms with van der Waals surface area (Å²) in [7, 11) is 0. The molecule has 1 N–H and O–H groups in total. The van der Waals surface area contributed by atoms with Crippen molar-refractivity contribution in [1.29, 1.82) is 0 Å². The first kappa shape index (κ1) is 8.59. The summed E-state index contributed by atoms with van der Waals surface area (Å²) < 4.78 is 0. The van der Waals surface area contributed by atoms with E-state index in [0.29, 0.717) is 0 Å². The van der Waals surface area contributed by atoms with Crippen LogP contribution in [0.3, 0.4) is 0 Å². The van der Waals surface area contributed by atoms with Gasteiger partial charge >= 0.3 is 0 Å². The third kappa shape index (κ3) is 5.46. The van der Waals surface area contributed by atoms with E-state index in [1.54, 1.807) is 18.3 Å². The molecule has 0 bridgehead atoms. The van der Waals surface area contributed by atoms with Crippen LogP contribution in [0.4, 0.5) is 0 Å². The highest BCUT2D eigenvalue weighted by molar-refractivity contribution is 7.07. The Bertz CT molecular complexity index is 128. The van der Waals surface area contributed by atoms with Gasteiger partial charge in [-0.2, -0.15) is 0 Å². The Morgan fingerprint density at radius 1 is 1.78 bits per heavy atom. The molecule has 9 heavy (non-hydrogen) atoms. The largest absolute Gasteiger partial charge is 0.397 e. The predicted octanol–water partition coefficient (Wildman–Crippen LogP) is 1.45. The van der Waals surface area contributed by atoms with E-state index in [9.17, 15) is 0 Å². The van der Waals surface area contributed by atoms with Crippen molar-refractivity contribution in [2.75, 3.05) is 6.61 Å². The average Bonchev–Trinajstić information content (AvgIpc) is 2.20. The van der Waals surface area contributed by atoms with Crippen molar-refractivity contribution >= 4 is 11.3 Å². The fourth-order valence-electron chi connectivity index (χ4n) is 0.273. The lowest BCUT2D eigenvalue weighted by atomic mass is 10.6. The molecule has 0 saturated heterocycles. The zero-order valence-corrected chi connectivity index (χ0v) is 6.48. The van der Waals surface area contributed by atoms with Crippen LogP contribution in [0.15, 0.2) is 10.9 Å². The molecule has 0 aromatic carbocycles. The molecule has 0 aliphatic heterocycles. The number of hydrogen-bond donors (Lipinski definition) is 1. The molecule has 52 valence electrons. The standard InChI is InChI=1S/C4H5NS.C2H6O/c1-4-2-6-3-5-4;1-2-3/h2-3H,1H3;3H,2H2,1H3. The molecule has 0 unspecified atom stereocenters. The number of rotatable bonds is 0. The Labute approximate surface area is 59.2 Å². The topological polar surface area (TPSA) is 33.1 Å². The summed E-state index contributed by atoms with van der Waals surface area (Å²) in [5.74, 6) is 0. The first-order valence-corrected chi connectivity index (χ1v) is 3.71. The average molecular weight is 145 g/mol. The number of aliphatic hydroxyl groups excluding tert-OH is 1. The number of nitrogens with zero attached hydrogens (tertiary/aromatic N) is 1. The second kappa shape index (κ2) is 5.72. The normalized spacial score (nSPS) is 7.89. The highest BCUT2D eigenvalue weighted by Crippen LogP contribution is 1.95. The first-order valence-electron chi connectivity index (χ1n) is 2.77. The molecule has 0 aliphatic carbocycles. The predicted molar refractivity (Wildman–Crippen MR) is 39.6 cm³/mol. The van der Waals surface area contributed by atoms with Crippen LogP contribution in [0.25, 0.3) is 0 Å². The quantitative estimate of drug-likeness (QED) is 0.599. The fourth-order valence-corrected chi connectivity index (χ4v) is 0.819. The van der Waals surface area contributed by atoms with E-state index in [-0.39, 0.29) is 6.61 Å². The molecule has 0 spiro atoms. The van der Waals surface area contributed by atoms with E-state index in [2.05, 4.69) is 4.98 Å². The van der Waals surface area contributed by atoms with Gasteiger partial charge in [0.05, 0.1) is 5.51 Å². The highest BCUT2D eigenvalue weighted by Gasteiger charge is 1.76. The Morgan fingerprint density at radius 3 is 2.44 bits per heavy atom. The van der Waals surface area contributed by atoms with Gasteiger partial charge in [-0.15, -0.1) is 11.3 Å². The maximum absolute atomic E-state index is 7.57. The summed E-state index contributed by atoms with van der Waals surface area (Å²) in [6.45, 7) is 3.91. The summed E-state index contributed by atoms with van der Waals surface area (Å²) in [6.07, 6.45) is 0. The monoisotopic (exact) mass is 145 g/mol. The Morgan fingerprint density at radius 2 is 2.33 bits per heavy atom. The summed E-state index contributed by atoms with van der Waals surface area (Å²) in [5, 5.41) is 9.58. The molecule has 3 heteroatoms. The van der Waals surface area contributed by atoms with Gasteiger partial charge in [0.1, 0.15) is 0 Å². The third-order valence-electron chi connectivity index (χ3n) is 0.556. The number of thiazole rings is 1. The van der Waals surface area contributed by atoms with Crippen LogP contribution in [0.5, 0.6) is 0 Å². The van der Waals surface area contributed by atoms with Crippen molar-refractivity contribution in [2.45, 2.75) is 13.8 Å². The van der Waals surface area contributed by atoms with Gasteiger partial charge in [0, 0.05) is 17.7 Å². The van der Waals surface area contributed by atoms with Gasteiger partial charge in [0.15, 0.2) is 0 Å². The fraction of sp³-hybridized carbons (Fsp3) is 0.500. The maximum atomic E-state index is 7.57. The Balaban J connectivity index is 0.000000187. The molecular weight excluding hydrogens is 134 g/mol. The molecule has 1 aromatic heterocycles. The third-order valence-corrected chi connectivity index (χ3v) is 1.26. The lowest BCUT2D eigenvalue weighted by Crippen LogP contribution is -1.59. The smallest absolute Gasteiger partial charge is 0.0794 e. The number of aliphatic hydroxyl groups is 1. The summed E-state index contributed by atoms with van der Waals surface area (Å²) in [4.78, 5) is 3.94. The van der Waals surface area contributed by atoms with E-state index in [1.807, 2.05) is 17.8 Å². The van der Waals surface area contributed by atoms with E-state index < -0.39 is 0 Å². The highest BCUT2D eigenvalue weighted by atomic mass is 32.1. The van der Waals surface area contributed by atoms with Crippen molar-refractivity contribution in [3.05, 3.63) is 16.6 Å². The van der Waals surface area contributed by atoms with Gasteiger partial charge < -0.3 is 5.11 Å². The molecule has 1 aromatic rings. The van der Waals surface area contributed by atoms with E-state index in [4.69, 9.17) is 5.11 Å². The number of hydrogen-bond acceptors (Lipinski definition) is 3. The minimum atomic E-state index is 0.250. The Hall–Kier alpha value is -0.410. The van der Waals surface area contributed by atoms with Gasteiger partial charge in [0.2, 0.25) is 0 Å². The van der Waals surface area contributed by atoms with Gasteiger partial charge in [-0.3, -0.25) is 4.98 Å². The molecule has 0 fully saturated rings. The summed E-state index contributed by atoms with van der Waals surface area (Å²) in [5.41, 5.74) is 2.94. The maximum Gasteiger partial charge on any atom is 0.0794 e. The van der Waals surface area contributed by atoms with Crippen LogP contribution in [-0.4, -0.2) is 16.7 Å². The second-order valence-electron chi connectivity index (χ2n) is 1.45. The molecule has 0 radical (unpaired) electrons. The van der Waals surface area contributed by atoms with Gasteiger partial charge in [0.25, 0.3) is 0 Å². The van der Waals surface area contributed by atoms with E-state index in [1.165, 1.54) is 0 Å². The summed E-state index contributed by atoms with van der Waals surface area (Å²) in [6, 6.07) is 0. The molecule has 1 rings (SSSR count). The molecule has 0 aliphatic rings. The van der Waals surface area contributed by atoms with Crippen molar-refractivity contribution in [3.8, 4) is 0 Å². The van der Waals surface area contributed by atoms with Crippen molar-refractivity contribution in [2.24, 2.45) is 0 Å². The molecule has 0 saturated carbocycles. The molecule has 2 nitrogen and oxygen atoms in total. The molecule has 1 heterocycles. The van der Waals surface area contributed by atoms with Gasteiger partial charge in [-0.25, -0.2) is 0 Å². The zero-order valence-electron chi connectivity index (χ0n) is 5.66. The lowest BCUT2D eigenvalue weighted by Gasteiger charge is -1.64. The minimum absolute atomic E-state index is 0.250. The van der Waals surface area contributed by atoms with Crippen LogP contribution in [0.1, 0.15) is 12.6 Å². The SMILES string of the molecule is CCO.Cc1cscn1. The minimum Gasteiger partial charge on any atom is -0.397 e. The van der Waals surface area contributed by atoms with Crippen molar-refractivity contribution < 1.29 is 5.11 Å². The zero-order chi connectivity index (χ0) is 7.11. The molecule has 0 atom stereocenters. The second-order valence-corrected chi connectivity index (χ2v) is 2.16. The van der Waals surface area contributed by atoms with Crippen LogP contribution >= 0.6 is 11.3 Å². The van der Waals surface area contributed by atoms with Crippen LogP contribution in [0, 0.1) is 6.92 Å². The first-order chi connectivity index (χ1) is 4.31. The van der Waals surface area contributed by atoms with Crippen molar-refractivity contribution in [3.63, 3.8) is 0 Å². The van der Waals surface area contributed by atoms with Gasteiger partial charge in [-0.1, -0.05) is 0 Å². The number of aromatic nitrogens is 1. The van der Waals surface area contributed by atoms with Crippen LogP contribution in [-0.2, 0) is 0 Å². The Kier molecular flexibility index (Phi) is 5.46. The molecule has 0 amide bonds. The van der Waals surface area contributed by atoms with Gasteiger partial charge in [-0.05, 0) is 13.8 Å². The summed E-state index contributed by atoms with van der Waals surface area (Å²) >= 11 is 1.63. The van der Waals surface area contributed by atoms with Crippen LogP contribution in [0.2, 0.25) is 0 Å². The molecular formula is C6H11NOS.